The fourth-order valence-corrected chi connectivity index (χ4v) is 3.79. The number of anilines is 2. The second-order valence-electron chi connectivity index (χ2n) is 7.18. The zero-order valence-electron chi connectivity index (χ0n) is 16.5. The molecule has 0 unspecified atom stereocenters. The van der Waals surface area contributed by atoms with Crippen LogP contribution in [-0.2, 0) is 9.59 Å². The summed E-state index contributed by atoms with van der Waals surface area (Å²) in [5.41, 5.74) is 0.846. The number of fused-ring (bicyclic) bond motifs is 1. The molecule has 0 spiro atoms. The number of carbonyl (C=O) groups is 2. The minimum atomic E-state index is -0.631. The van der Waals surface area contributed by atoms with Crippen molar-refractivity contribution in [3.05, 3.63) is 48.7 Å². The van der Waals surface area contributed by atoms with Crippen LogP contribution in [-0.4, -0.2) is 69.1 Å². The topological polar surface area (TPSA) is 79.3 Å². The highest BCUT2D eigenvalue weighted by Crippen LogP contribution is 2.33. The standard InChI is InChI=1S/C21H25N5O3/c1-22-21(28)18-14-26(16-6-2-3-7-17(16)29-18)15-20(27)25-12-10-24(11-13-25)19-8-4-5-9-23-19/h2-9,18H,10-15H2,1H3,(H,22,28)/p+1/t18-/m1/s1. The molecule has 152 valence electrons. The highest BCUT2D eigenvalue weighted by atomic mass is 16.5. The van der Waals surface area contributed by atoms with Gasteiger partial charge in [0.05, 0.1) is 38.1 Å². The summed E-state index contributed by atoms with van der Waals surface area (Å²) in [6.45, 7) is 3.49. The lowest BCUT2D eigenvalue weighted by atomic mass is 10.1. The zero-order chi connectivity index (χ0) is 20.2. The quantitative estimate of drug-likeness (QED) is 0.797. The first-order valence-electron chi connectivity index (χ1n) is 9.87. The van der Waals surface area contributed by atoms with E-state index in [2.05, 4.69) is 15.2 Å². The summed E-state index contributed by atoms with van der Waals surface area (Å²) in [6.07, 6.45) is 1.28. The molecule has 8 nitrogen and oxygen atoms in total. The first-order chi connectivity index (χ1) is 14.2. The summed E-state index contributed by atoms with van der Waals surface area (Å²) in [6, 6.07) is 13.5. The number of benzene rings is 1. The van der Waals surface area contributed by atoms with Crippen molar-refractivity contribution < 1.29 is 19.3 Å². The van der Waals surface area contributed by atoms with E-state index in [1.165, 1.54) is 0 Å². The Hall–Kier alpha value is -3.29. The number of rotatable bonds is 4. The van der Waals surface area contributed by atoms with Crippen LogP contribution in [0.4, 0.5) is 11.5 Å². The first-order valence-corrected chi connectivity index (χ1v) is 9.87. The maximum absolute atomic E-state index is 13.0. The third-order valence-electron chi connectivity index (χ3n) is 5.39. The molecular formula is C21H26N5O3+. The van der Waals surface area contributed by atoms with Gasteiger partial charge >= 0.3 is 0 Å². The lowest BCUT2D eigenvalue weighted by Crippen LogP contribution is -2.54. The number of piperazine rings is 1. The van der Waals surface area contributed by atoms with Crippen molar-refractivity contribution in [3.8, 4) is 5.75 Å². The van der Waals surface area contributed by atoms with Crippen LogP contribution in [0.3, 0.4) is 0 Å². The largest absolute Gasteiger partial charge is 0.477 e. The third-order valence-corrected chi connectivity index (χ3v) is 5.39. The number of hydrogen-bond acceptors (Lipinski definition) is 5. The van der Waals surface area contributed by atoms with Crippen molar-refractivity contribution >= 4 is 23.3 Å². The van der Waals surface area contributed by atoms with Crippen LogP contribution in [0, 0.1) is 0 Å². The molecule has 2 amide bonds. The maximum Gasteiger partial charge on any atom is 0.274 e. The Morgan fingerprint density at radius 3 is 2.59 bits per heavy atom. The van der Waals surface area contributed by atoms with Crippen LogP contribution in [0.2, 0.25) is 0 Å². The van der Waals surface area contributed by atoms with Crippen LogP contribution >= 0.6 is 0 Å². The van der Waals surface area contributed by atoms with Gasteiger partial charge in [0.25, 0.3) is 11.7 Å². The second kappa shape index (κ2) is 8.38. The molecule has 2 aliphatic rings. The molecular weight excluding hydrogens is 370 g/mol. The summed E-state index contributed by atoms with van der Waals surface area (Å²) in [5, 5.41) is 2.63. The predicted molar refractivity (Wildman–Crippen MR) is 109 cm³/mol. The predicted octanol–water partition coefficient (Wildman–Crippen LogP) is 0.163. The van der Waals surface area contributed by atoms with Crippen molar-refractivity contribution in [2.45, 2.75) is 6.10 Å². The van der Waals surface area contributed by atoms with Crippen molar-refractivity contribution in [2.75, 3.05) is 56.1 Å². The molecule has 1 aromatic heterocycles. The van der Waals surface area contributed by atoms with Crippen LogP contribution < -0.4 is 24.8 Å². The van der Waals surface area contributed by atoms with E-state index < -0.39 is 6.10 Å². The highest BCUT2D eigenvalue weighted by Gasteiger charge is 2.33. The van der Waals surface area contributed by atoms with Gasteiger partial charge in [0.1, 0.15) is 18.8 Å². The number of carbonyl (C=O) groups excluding carboxylic acids is 2. The number of nitrogens with one attached hydrogen (secondary N) is 2. The molecule has 2 aromatic rings. The van der Waals surface area contributed by atoms with Crippen LogP contribution in [0.5, 0.6) is 5.75 Å². The van der Waals surface area contributed by atoms with Crippen LogP contribution in [0.15, 0.2) is 48.7 Å². The van der Waals surface area contributed by atoms with Gasteiger partial charge in [-0.1, -0.05) is 18.2 Å². The smallest absolute Gasteiger partial charge is 0.274 e. The Labute approximate surface area is 170 Å². The highest BCUT2D eigenvalue weighted by molar-refractivity contribution is 5.86. The van der Waals surface area contributed by atoms with E-state index in [-0.39, 0.29) is 18.4 Å². The summed E-state index contributed by atoms with van der Waals surface area (Å²) in [7, 11) is 1.59. The number of nitrogens with zero attached hydrogens (tertiary/aromatic N) is 3. The van der Waals surface area contributed by atoms with Crippen LogP contribution in [0.25, 0.3) is 0 Å². The number of aromatic nitrogens is 1. The summed E-state index contributed by atoms with van der Waals surface area (Å²) < 4.78 is 5.82. The molecule has 0 radical (unpaired) electrons. The number of pyridine rings is 1. The normalized spacial score (nSPS) is 18.7. The van der Waals surface area contributed by atoms with Gasteiger partial charge < -0.3 is 19.9 Å². The van der Waals surface area contributed by atoms with Gasteiger partial charge in [-0.3, -0.25) is 14.5 Å². The lowest BCUT2D eigenvalue weighted by Gasteiger charge is -2.37. The van der Waals surface area contributed by atoms with Gasteiger partial charge in [-0.25, -0.2) is 4.98 Å². The SMILES string of the molecule is CNC(=O)[C@H]1CN(CC(=O)N2CCN(c3cccc[nH+]3)CC2)c2ccccc2O1. The number of likely N-dealkylation sites (N-methyl/N-ethyl adjacent to an activating group) is 1. The maximum atomic E-state index is 13.0. The first kappa shape index (κ1) is 19.0. The Balaban J connectivity index is 1.41. The molecule has 0 saturated carbocycles. The van der Waals surface area contributed by atoms with Gasteiger partial charge in [0.2, 0.25) is 5.91 Å². The molecule has 1 saturated heterocycles. The molecule has 0 aliphatic carbocycles. The molecule has 3 heterocycles. The number of aromatic amines is 1. The zero-order valence-corrected chi connectivity index (χ0v) is 16.5. The van der Waals surface area contributed by atoms with E-state index in [0.29, 0.717) is 25.4 Å². The molecule has 8 heteroatoms. The second-order valence-corrected chi connectivity index (χ2v) is 7.18. The average molecular weight is 396 g/mol. The summed E-state index contributed by atoms with van der Waals surface area (Å²) >= 11 is 0. The van der Waals surface area contributed by atoms with Gasteiger partial charge in [-0.2, -0.15) is 0 Å². The molecule has 4 rings (SSSR count). The molecule has 1 aromatic carbocycles. The molecule has 29 heavy (non-hydrogen) atoms. The van der Waals surface area contributed by atoms with Gasteiger partial charge in [-0.15, -0.1) is 0 Å². The van der Waals surface area contributed by atoms with E-state index >= 15 is 0 Å². The van der Waals surface area contributed by atoms with Crippen molar-refractivity contribution in [1.29, 1.82) is 0 Å². The molecule has 0 bridgehead atoms. The summed E-state index contributed by atoms with van der Waals surface area (Å²) in [5.74, 6) is 1.57. The molecule has 1 atom stereocenters. The number of ether oxygens (including phenoxy) is 1. The number of para-hydroxylation sites is 2. The van der Waals surface area contributed by atoms with Crippen LogP contribution in [0.1, 0.15) is 0 Å². The average Bonchev–Trinajstić information content (AvgIpc) is 2.79. The van der Waals surface area contributed by atoms with Crippen molar-refractivity contribution in [2.24, 2.45) is 0 Å². The fraction of sp³-hybridized carbons (Fsp3) is 0.381. The third kappa shape index (κ3) is 4.11. The Kier molecular flexibility index (Phi) is 5.50. The van der Waals surface area contributed by atoms with E-state index in [4.69, 9.17) is 4.74 Å². The van der Waals surface area contributed by atoms with E-state index in [0.717, 1.165) is 24.6 Å². The van der Waals surface area contributed by atoms with E-state index in [1.54, 1.807) is 7.05 Å². The Morgan fingerprint density at radius 2 is 1.86 bits per heavy atom. The molecule has 2 N–H and O–H groups in total. The summed E-state index contributed by atoms with van der Waals surface area (Å²) in [4.78, 5) is 34.4. The Bertz CT molecular complexity index is 868. The van der Waals surface area contributed by atoms with Crippen molar-refractivity contribution in [3.63, 3.8) is 0 Å². The van der Waals surface area contributed by atoms with E-state index in [1.807, 2.05) is 58.5 Å². The minimum absolute atomic E-state index is 0.0639. The lowest BCUT2D eigenvalue weighted by molar-refractivity contribution is -0.364. The number of hydrogen-bond donors (Lipinski definition) is 1. The molecule has 1 fully saturated rings. The molecule has 2 aliphatic heterocycles. The van der Waals surface area contributed by atoms with E-state index in [9.17, 15) is 9.59 Å². The van der Waals surface area contributed by atoms with Gasteiger partial charge in [-0.05, 0) is 18.2 Å². The van der Waals surface area contributed by atoms with Gasteiger partial charge in [0.15, 0.2) is 6.10 Å². The fourth-order valence-electron chi connectivity index (χ4n) is 3.79. The minimum Gasteiger partial charge on any atom is -0.477 e. The van der Waals surface area contributed by atoms with Crippen molar-refractivity contribution in [1.82, 2.24) is 10.2 Å². The monoisotopic (exact) mass is 396 g/mol. The van der Waals surface area contributed by atoms with Gasteiger partial charge in [0, 0.05) is 13.1 Å². The number of amides is 2. The number of H-pyrrole nitrogens is 1. The Morgan fingerprint density at radius 1 is 1.10 bits per heavy atom.